The number of carboxylic acids is 1. The first-order valence-corrected chi connectivity index (χ1v) is 7.90. The lowest BCUT2D eigenvalue weighted by Gasteiger charge is -2.23. The van der Waals surface area contributed by atoms with Crippen molar-refractivity contribution in [1.82, 2.24) is 19.8 Å². The average molecular weight is 292 g/mol. The van der Waals surface area contributed by atoms with Crippen molar-refractivity contribution in [2.45, 2.75) is 38.3 Å². The fraction of sp³-hybridized carbons (Fsp3) is 0.733. The number of carbonyl (C=O) groups is 1. The molecule has 2 fully saturated rings. The van der Waals surface area contributed by atoms with Crippen LogP contribution in [0.5, 0.6) is 0 Å². The van der Waals surface area contributed by atoms with Crippen molar-refractivity contribution in [2.75, 3.05) is 26.2 Å². The summed E-state index contributed by atoms with van der Waals surface area (Å²) < 4.78 is 2.31. The quantitative estimate of drug-likeness (QED) is 0.870. The van der Waals surface area contributed by atoms with Crippen molar-refractivity contribution in [3.05, 3.63) is 18.2 Å². The second kappa shape index (κ2) is 6.58. The van der Waals surface area contributed by atoms with Crippen LogP contribution in [0.3, 0.4) is 0 Å². The van der Waals surface area contributed by atoms with Crippen molar-refractivity contribution >= 4 is 5.97 Å². The molecule has 21 heavy (non-hydrogen) atoms. The minimum Gasteiger partial charge on any atom is -0.481 e. The van der Waals surface area contributed by atoms with Crippen molar-refractivity contribution < 1.29 is 9.90 Å². The third-order valence-electron chi connectivity index (χ3n) is 4.67. The highest BCUT2D eigenvalue weighted by molar-refractivity contribution is 5.70. The predicted octanol–water partition coefficient (Wildman–Crippen LogP) is 1.10. The summed E-state index contributed by atoms with van der Waals surface area (Å²) >= 11 is 0. The molecule has 0 aromatic carbocycles. The summed E-state index contributed by atoms with van der Waals surface area (Å²) in [7, 11) is 0. The van der Waals surface area contributed by atoms with Gasteiger partial charge in [0.05, 0.1) is 17.9 Å². The maximum absolute atomic E-state index is 11.2. The highest BCUT2D eigenvalue weighted by Gasteiger charge is 2.25. The van der Waals surface area contributed by atoms with E-state index in [1.807, 2.05) is 12.5 Å². The van der Waals surface area contributed by atoms with Gasteiger partial charge in [-0.3, -0.25) is 9.69 Å². The first-order valence-electron chi connectivity index (χ1n) is 7.90. The van der Waals surface area contributed by atoms with Crippen molar-refractivity contribution in [1.29, 1.82) is 0 Å². The Hall–Kier alpha value is -1.40. The standard InChI is InChI=1S/C15H24N4O2/c20-15(21)12-7-16-5-6-18(9-12)10-14-8-17-11-19(14)13-3-1-2-4-13/h8,11-13,16H,1-7,9-10H2,(H,20,21)/t12-/m1/s1. The van der Waals surface area contributed by atoms with Crippen LogP contribution in [0.4, 0.5) is 0 Å². The Bertz CT molecular complexity index is 482. The average Bonchev–Trinajstić information content (AvgIpc) is 3.06. The molecule has 2 N–H and O–H groups in total. The van der Waals surface area contributed by atoms with Gasteiger partial charge in [0, 0.05) is 45.0 Å². The van der Waals surface area contributed by atoms with E-state index >= 15 is 0 Å². The van der Waals surface area contributed by atoms with E-state index in [0.29, 0.717) is 19.1 Å². The van der Waals surface area contributed by atoms with Gasteiger partial charge in [0.2, 0.25) is 0 Å². The number of nitrogens with zero attached hydrogens (tertiary/aromatic N) is 3. The number of imidazole rings is 1. The lowest BCUT2D eigenvalue weighted by atomic mass is 10.1. The molecule has 1 aromatic rings. The summed E-state index contributed by atoms with van der Waals surface area (Å²) in [6.07, 6.45) is 8.96. The normalized spacial score (nSPS) is 25.0. The van der Waals surface area contributed by atoms with Gasteiger partial charge in [-0.15, -0.1) is 0 Å². The van der Waals surface area contributed by atoms with Gasteiger partial charge >= 0.3 is 5.97 Å². The maximum Gasteiger partial charge on any atom is 0.309 e. The van der Waals surface area contributed by atoms with Crippen LogP contribution < -0.4 is 5.32 Å². The van der Waals surface area contributed by atoms with Crippen molar-refractivity contribution in [3.8, 4) is 0 Å². The smallest absolute Gasteiger partial charge is 0.309 e. The Labute approximate surface area is 125 Å². The fourth-order valence-corrected chi connectivity index (χ4v) is 3.48. The van der Waals surface area contributed by atoms with Crippen LogP contribution in [0.1, 0.15) is 37.4 Å². The summed E-state index contributed by atoms with van der Waals surface area (Å²) in [5.74, 6) is -1.03. The van der Waals surface area contributed by atoms with Gasteiger partial charge in [-0.1, -0.05) is 12.8 Å². The number of carboxylic acid groups (broad SMARTS) is 1. The molecular weight excluding hydrogens is 268 g/mol. The molecule has 0 unspecified atom stereocenters. The van der Waals surface area contributed by atoms with Gasteiger partial charge in [0.25, 0.3) is 0 Å². The monoisotopic (exact) mass is 292 g/mol. The van der Waals surface area contributed by atoms with Crippen molar-refractivity contribution in [2.24, 2.45) is 5.92 Å². The van der Waals surface area contributed by atoms with Gasteiger partial charge in [-0.25, -0.2) is 4.98 Å². The summed E-state index contributed by atoms with van der Waals surface area (Å²) in [5, 5.41) is 12.5. The lowest BCUT2D eigenvalue weighted by Crippen LogP contribution is -2.34. The van der Waals surface area contributed by atoms with E-state index in [-0.39, 0.29) is 5.92 Å². The van der Waals surface area contributed by atoms with E-state index < -0.39 is 5.97 Å². The van der Waals surface area contributed by atoms with E-state index in [1.165, 1.54) is 31.4 Å². The van der Waals surface area contributed by atoms with Crippen LogP contribution in [-0.4, -0.2) is 51.7 Å². The Kier molecular flexibility index (Phi) is 4.55. The summed E-state index contributed by atoms with van der Waals surface area (Å²) in [6.45, 7) is 3.70. The molecular formula is C15H24N4O2. The van der Waals surface area contributed by atoms with Crippen LogP contribution in [0, 0.1) is 5.92 Å². The predicted molar refractivity (Wildman–Crippen MR) is 79.0 cm³/mol. The lowest BCUT2D eigenvalue weighted by molar-refractivity contribution is -0.142. The van der Waals surface area contributed by atoms with E-state index in [1.54, 1.807) is 0 Å². The van der Waals surface area contributed by atoms with Crippen molar-refractivity contribution in [3.63, 3.8) is 0 Å². The van der Waals surface area contributed by atoms with Crippen LogP contribution in [0.25, 0.3) is 0 Å². The minimum absolute atomic E-state index is 0.324. The summed E-state index contributed by atoms with van der Waals surface area (Å²) in [6, 6.07) is 0.586. The SMILES string of the molecule is O=C(O)[C@@H]1CNCCN(Cc2cncn2C2CCCC2)C1. The molecule has 1 atom stereocenters. The second-order valence-electron chi connectivity index (χ2n) is 6.20. The zero-order chi connectivity index (χ0) is 14.7. The Morgan fingerprint density at radius 2 is 2.24 bits per heavy atom. The van der Waals surface area contributed by atoms with E-state index in [2.05, 4.69) is 19.8 Å². The molecule has 1 aliphatic heterocycles. The second-order valence-corrected chi connectivity index (χ2v) is 6.20. The number of rotatable bonds is 4. The number of aromatic nitrogens is 2. The first kappa shape index (κ1) is 14.5. The third kappa shape index (κ3) is 3.44. The molecule has 1 saturated heterocycles. The summed E-state index contributed by atoms with van der Waals surface area (Å²) in [4.78, 5) is 17.8. The van der Waals surface area contributed by atoms with E-state index in [9.17, 15) is 9.90 Å². The Morgan fingerprint density at radius 1 is 1.43 bits per heavy atom. The maximum atomic E-state index is 11.2. The number of hydrogen-bond acceptors (Lipinski definition) is 4. The van der Waals surface area contributed by atoms with Gasteiger partial charge in [0.15, 0.2) is 0 Å². The van der Waals surface area contributed by atoms with Crippen LogP contribution in [0.15, 0.2) is 12.5 Å². The first-order chi connectivity index (χ1) is 10.2. The molecule has 6 heteroatoms. The largest absolute Gasteiger partial charge is 0.481 e. The number of nitrogens with one attached hydrogen (secondary N) is 1. The van der Waals surface area contributed by atoms with Crippen LogP contribution in [-0.2, 0) is 11.3 Å². The topological polar surface area (TPSA) is 70.4 Å². The molecule has 1 aromatic heterocycles. The molecule has 2 heterocycles. The van der Waals surface area contributed by atoms with Gasteiger partial charge in [-0.05, 0) is 12.8 Å². The molecule has 0 amide bonds. The molecule has 0 bridgehead atoms. The molecule has 0 radical (unpaired) electrons. The Balaban J connectivity index is 1.67. The van der Waals surface area contributed by atoms with Gasteiger partial charge in [-0.2, -0.15) is 0 Å². The molecule has 3 rings (SSSR count). The minimum atomic E-state index is -0.710. The third-order valence-corrected chi connectivity index (χ3v) is 4.67. The van der Waals surface area contributed by atoms with E-state index in [4.69, 9.17) is 0 Å². The molecule has 0 spiro atoms. The summed E-state index contributed by atoms with van der Waals surface area (Å²) in [5.41, 5.74) is 1.22. The number of aliphatic carboxylic acids is 1. The number of hydrogen-bond donors (Lipinski definition) is 2. The molecule has 6 nitrogen and oxygen atoms in total. The van der Waals surface area contributed by atoms with Crippen LogP contribution >= 0.6 is 0 Å². The fourth-order valence-electron chi connectivity index (χ4n) is 3.48. The van der Waals surface area contributed by atoms with E-state index in [0.717, 1.165) is 19.6 Å². The molecule has 1 aliphatic carbocycles. The zero-order valence-electron chi connectivity index (χ0n) is 12.4. The van der Waals surface area contributed by atoms with Gasteiger partial charge < -0.3 is 15.0 Å². The Morgan fingerprint density at radius 3 is 3.00 bits per heavy atom. The molecule has 2 aliphatic rings. The zero-order valence-corrected chi connectivity index (χ0v) is 12.4. The van der Waals surface area contributed by atoms with Gasteiger partial charge in [0.1, 0.15) is 0 Å². The molecule has 1 saturated carbocycles. The highest BCUT2D eigenvalue weighted by atomic mass is 16.4. The van der Waals surface area contributed by atoms with Crippen LogP contribution in [0.2, 0.25) is 0 Å². The molecule has 116 valence electrons. The highest BCUT2D eigenvalue weighted by Crippen LogP contribution is 2.30.